The van der Waals surface area contributed by atoms with E-state index in [-0.39, 0.29) is 10.8 Å². The lowest BCUT2D eigenvalue weighted by Gasteiger charge is -2.72. The Bertz CT molecular complexity index is 761. The molecule has 1 aliphatic heterocycles. The molecule has 0 atom stereocenters. The number of hydrogen-bond donors (Lipinski definition) is 1. The normalized spacial score (nSPS) is 30.0. The van der Waals surface area contributed by atoms with E-state index in [1.165, 1.54) is 5.69 Å². The highest BCUT2D eigenvalue weighted by molar-refractivity contribution is 5.46. The number of benzene rings is 2. The second kappa shape index (κ2) is 6.35. The van der Waals surface area contributed by atoms with E-state index < -0.39 is 5.60 Å². The molecule has 144 valence electrons. The van der Waals surface area contributed by atoms with E-state index in [0.717, 1.165) is 31.7 Å². The van der Waals surface area contributed by atoms with Crippen molar-refractivity contribution in [3.05, 3.63) is 66.2 Å². The first kappa shape index (κ1) is 18.5. The molecule has 0 radical (unpaired) electrons. The molecule has 4 rings (SSSR count). The van der Waals surface area contributed by atoms with E-state index >= 15 is 0 Å². The van der Waals surface area contributed by atoms with Crippen LogP contribution in [0.4, 0.5) is 5.69 Å². The van der Waals surface area contributed by atoms with E-state index in [1.807, 2.05) is 18.2 Å². The summed E-state index contributed by atoms with van der Waals surface area (Å²) in [6.45, 7) is 13.1. The summed E-state index contributed by atoms with van der Waals surface area (Å²) in [4.78, 5) is 5.08. The van der Waals surface area contributed by atoms with Crippen LogP contribution in [0.25, 0.3) is 0 Å². The van der Waals surface area contributed by atoms with Crippen LogP contribution in [0.1, 0.15) is 33.3 Å². The second-order valence-electron chi connectivity index (χ2n) is 9.28. The number of piperazine rings is 1. The molecule has 27 heavy (non-hydrogen) atoms. The largest absolute Gasteiger partial charge is 0.384 e. The van der Waals surface area contributed by atoms with Gasteiger partial charge in [0.1, 0.15) is 5.60 Å². The SMILES string of the molecule is CC1(C)C(N2CCN(c3ccccc3)CC2)C(C)(C)C1(O)c1ccccc1. The fourth-order valence-electron chi connectivity index (χ4n) is 6.26. The first-order valence-corrected chi connectivity index (χ1v) is 10.1. The van der Waals surface area contributed by atoms with Gasteiger partial charge in [-0.15, -0.1) is 0 Å². The summed E-state index contributed by atoms with van der Waals surface area (Å²) in [7, 11) is 0. The fourth-order valence-corrected chi connectivity index (χ4v) is 6.26. The Morgan fingerprint density at radius 3 is 1.74 bits per heavy atom. The Morgan fingerprint density at radius 1 is 0.741 bits per heavy atom. The molecule has 1 saturated carbocycles. The van der Waals surface area contributed by atoms with E-state index in [0.29, 0.717) is 6.04 Å². The van der Waals surface area contributed by atoms with Crippen LogP contribution < -0.4 is 4.90 Å². The van der Waals surface area contributed by atoms with E-state index in [9.17, 15) is 5.11 Å². The van der Waals surface area contributed by atoms with Crippen molar-refractivity contribution in [3.63, 3.8) is 0 Å². The van der Waals surface area contributed by atoms with Gasteiger partial charge in [-0.3, -0.25) is 4.90 Å². The quantitative estimate of drug-likeness (QED) is 0.887. The summed E-state index contributed by atoms with van der Waals surface area (Å²) >= 11 is 0. The molecule has 1 aliphatic carbocycles. The van der Waals surface area contributed by atoms with E-state index in [2.05, 4.69) is 80.0 Å². The highest BCUT2D eigenvalue weighted by Crippen LogP contribution is 2.68. The van der Waals surface area contributed by atoms with Gasteiger partial charge in [-0.05, 0) is 17.7 Å². The van der Waals surface area contributed by atoms with Crippen molar-refractivity contribution in [1.82, 2.24) is 4.90 Å². The Morgan fingerprint density at radius 2 is 1.22 bits per heavy atom. The maximum absolute atomic E-state index is 11.8. The molecule has 2 aromatic carbocycles. The molecule has 0 unspecified atom stereocenters. The Kier molecular flexibility index (Phi) is 4.36. The van der Waals surface area contributed by atoms with Crippen LogP contribution in [0, 0.1) is 10.8 Å². The third kappa shape index (κ3) is 2.55. The van der Waals surface area contributed by atoms with Gasteiger partial charge < -0.3 is 10.0 Å². The fraction of sp³-hybridized carbons (Fsp3) is 0.500. The summed E-state index contributed by atoms with van der Waals surface area (Å²) in [6, 6.07) is 21.3. The minimum absolute atomic E-state index is 0.202. The van der Waals surface area contributed by atoms with Gasteiger partial charge in [0.2, 0.25) is 0 Å². The lowest BCUT2D eigenvalue weighted by Crippen LogP contribution is -2.79. The molecule has 0 spiro atoms. The van der Waals surface area contributed by atoms with Gasteiger partial charge in [0.15, 0.2) is 0 Å². The number of anilines is 1. The Hall–Kier alpha value is -1.84. The van der Waals surface area contributed by atoms with Crippen LogP contribution in [0.5, 0.6) is 0 Å². The van der Waals surface area contributed by atoms with Crippen molar-refractivity contribution >= 4 is 5.69 Å². The number of aliphatic hydroxyl groups is 1. The third-order valence-electron chi connectivity index (χ3n) is 7.22. The van der Waals surface area contributed by atoms with E-state index in [4.69, 9.17) is 0 Å². The third-order valence-corrected chi connectivity index (χ3v) is 7.22. The second-order valence-corrected chi connectivity index (χ2v) is 9.28. The molecule has 1 N–H and O–H groups in total. The maximum atomic E-state index is 11.8. The number of para-hydroxylation sites is 1. The molecular formula is C24H32N2O. The molecular weight excluding hydrogens is 332 g/mol. The minimum Gasteiger partial charge on any atom is -0.384 e. The average Bonchev–Trinajstić information content (AvgIpc) is 2.68. The van der Waals surface area contributed by atoms with Crippen LogP contribution in [-0.4, -0.2) is 42.2 Å². The van der Waals surface area contributed by atoms with Crippen LogP contribution in [0.3, 0.4) is 0 Å². The maximum Gasteiger partial charge on any atom is 0.103 e. The predicted molar refractivity (Wildman–Crippen MR) is 112 cm³/mol. The van der Waals surface area contributed by atoms with Gasteiger partial charge in [-0.1, -0.05) is 76.2 Å². The van der Waals surface area contributed by atoms with Crippen molar-refractivity contribution < 1.29 is 5.11 Å². The molecule has 2 fully saturated rings. The first-order valence-electron chi connectivity index (χ1n) is 10.1. The van der Waals surface area contributed by atoms with Crippen molar-refractivity contribution in [1.29, 1.82) is 0 Å². The average molecular weight is 365 g/mol. The van der Waals surface area contributed by atoms with Crippen LogP contribution in [-0.2, 0) is 5.60 Å². The number of hydrogen-bond acceptors (Lipinski definition) is 3. The van der Waals surface area contributed by atoms with Gasteiger partial charge in [0.25, 0.3) is 0 Å². The molecule has 0 bridgehead atoms. The van der Waals surface area contributed by atoms with Crippen molar-refractivity contribution in [2.75, 3.05) is 31.1 Å². The van der Waals surface area contributed by atoms with Gasteiger partial charge >= 0.3 is 0 Å². The van der Waals surface area contributed by atoms with Crippen LogP contribution >= 0.6 is 0 Å². The van der Waals surface area contributed by atoms with Crippen molar-refractivity contribution in [3.8, 4) is 0 Å². The van der Waals surface area contributed by atoms with Crippen LogP contribution in [0.2, 0.25) is 0 Å². The molecule has 1 heterocycles. The van der Waals surface area contributed by atoms with Crippen LogP contribution in [0.15, 0.2) is 60.7 Å². The summed E-state index contributed by atoms with van der Waals surface area (Å²) in [5.41, 5.74) is 1.13. The molecule has 1 saturated heterocycles. The Balaban J connectivity index is 1.54. The molecule has 0 aromatic heterocycles. The first-order chi connectivity index (χ1) is 12.8. The standard InChI is InChI=1S/C24H32N2O/c1-22(2)21(23(3,4)24(22,27)19-11-7-5-8-12-19)26-17-15-25(16-18-26)20-13-9-6-10-14-20/h5-14,21,27H,15-18H2,1-4H3. The molecule has 3 heteroatoms. The van der Waals surface area contributed by atoms with Crippen molar-refractivity contribution in [2.45, 2.75) is 39.3 Å². The van der Waals surface area contributed by atoms with E-state index in [1.54, 1.807) is 0 Å². The molecule has 2 aliphatic rings. The summed E-state index contributed by atoms with van der Waals surface area (Å²) < 4.78 is 0. The molecule has 2 aromatic rings. The lowest BCUT2D eigenvalue weighted by molar-refractivity contribution is -0.307. The predicted octanol–water partition coefficient (Wildman–Crippen LogP) is 4.13. The topological polar surface area (TPSA) is 26.7 Å². The monoisotopic (exact) mass is 364 g/mol. The number of rotatable bonds is 3. The summed E-state index contributed by atoms with van der Waals surface area (Å²) in [5.74, 6) is 0. The molecule has 0 amide bonds. The summed E-state index contributed by atoms with van der Waals surface area (Å²) in [6.07, 6.45) is 0. The van der Waals surface area contributed by atoms with Crippen molar-refractivity contribution in [2.24, 2.45) is 10.8 Å². The van der Waals surface area contributed by atoms with Gasteiger partial charge in [0.05, 0.1) is 0 Å². The Labute approximate surface area is 163 Å². The highest BCUT2D eigenvalue weighted by atomic mass is 16.3. The lowest BCUT2D eigenvalue weighted by atomic mass is 9.39. The number of nitrogens with zero attached hydrogens (tertiary/aromatic N) is 2. The van der Waals surface area contributed by atoms with Gasteiger partial charge in [-0.25, -0.2) is 0 Å². The van der Waals surface area contributed by atoms with Gasteiger partial charge in [0, 0.05) is 48.7 Å². The smallest absolute Gasteiger partial charge is 0.103 e. The summed E-state index contributed by atoms with van der Waals surface area (Å²) in [5, 5.41) is 11.8. The minimum atomic E-state index is -0.817. The zero-order chi connectivity index (χ0) is 19.3. The molecule has 3 nitrogen and oxygen atoms in total. The highest BCUT2D eigenvalue weighted by Gasteiger charge is 2.73. The zero-order valence-corrected chi connectivity index (χ0v) is 17.0. The van der Waals surface area contributed by atoms with Gasteiger partial charge in [-0.2, -0.15) is 0 Å². The zero-order valence-electron chi connectivity index (χ0n) is 17.0.